The Morgan fingerprint density at radius 3 is 2.68 bits per heavy atom. The molecule has 3 atom stereocenters. The zero-order valence-electron chi connectivity index (χ0n) is 10.1. The van der Waals surface area contributed by atoms with E-state index >= 15 is 0 Å². The molecule has 1 fully saturated rings. The van der Waals surface area contributed by atoms with E-state index in [1.54, 1.807) is 6.92 Å². The number of hydrogen-bond acceptors (Lipinski definition) is 4. The van der Waals surface area contributed by atoms with Crippen LogP contribution in [0.1, 0.15) is 18.6 Å². The van der Waals surface area contributed by atoms with Crippen molar-refractivity contribution in [3.63, 3.8) is 0 Å². The predicted octanol–water partition coefficient (Wildman–Crippen LogP) is 1.49. The molecule has 1 saturated heterocycles. The second-order valence-electron chi connectivity index (χ2n) is 4.14. The summed E-state index contributed by atoms with van der Waals surface area (Å²) in [7, 11) is -4.23. The highest BCUT2D eigenvalue weighted by atomic mass is 127. The number of hydrogen-bond donors (Lipinski definition) is 2. The largest absolute Gasteiger partial charge is 0.345 e. The maximum absolute atomic E-state index is 10.7. The quantitative estimate of drug-likeness (QED) is 0.592. The molecule has 6 nitrogen and oxygen atoms in total. The summed E-state index contributed by atoms with van der Waals surface area (Å²) < 4.78 is 44.4. The Morgan fingerprint density at radius 2 is 2.05 bits per heavy atom. The van der Waals surface area contributed by atoms with Crippen molar-refractivity contribution >= 4 is 32.9 Å². The Balaban J connectivity index is 2.16. The molecule has 0 aliphatic carbocycles. The van der Waals surface area contributed by atoms with Crippen LogP contribution in [-0.4, -0.2) is 31.9 Å². The molecule has 19 heavy (non-hydrogen) atoms. The van der Waals surface area contributed by atoms with Crippen LogP contribution in [0.4, 0.5) is 0 Å². The molecule has 1 aliphatic heterocycles. The second kappa shape index (κ2) is 6.02. The molecule has 0 spiro atoms. The minimum atomic E-state index is -4.23. The summed E-state index contributed by atoms with van der Waals surface area (Å²) in [5.41, 5.74) is 0.939. The number of ether oxygens (including phenoxy) is 2. The van der Waals surface area contributed by atoms with Gasteiger partial charge in [-0.05, 0) is 41.1 Å². The van der Waals surface area contributed by atoms with E-state index in [0.29, 0.717) is 0 Å². The smallest absolute Gasteiger partial charge is 0.333 e. The summed E-state index contributed by atoms with van der Waals surface area (Å²) in [6.07, 6.45) is -1.26. The van der Waals surface area contributed by atoms with Gasteiger partial charge < -0.3 is 9.47 Å². The maximum Gasteiger partial charge on any atom is 0.333 e. The molecule has 0 aromatic heterocycles. The van der Waals surface area contributed by atoms with Crippen LogP contribution in [-0.2, 0) is 19.8 Å². The molecule has 1 aromatic carbocycles. The fourth-order valence-corrected chi connectivity index (χ4v) is 3.03. The molecule has 0 saturated carbocycles. The molecule has 1 aliphatic rings. The molecule has 0 radical (unpaired) electrons. The first kappa shape index (κ1) is 15.1. The van der Waals surface area contributed by atoms with Gasteiger partial charge in [0, 0.05) is 10.1 Å². The van der Waals surface area contributed by atoms with E-state index in [1.165, 1.54) is 0 Å². The summed E-state index contributed by atoms with van der Waals surface area (Å²) >= 11 is 2.19. The molecule has 1 heterocycles. The van der Waals surface area contributed by atoms with E-state index in [1.807, 2.05) is 29.0 Å². The lowest BCUT2D eigenvalue weighted by atomic mass is 10.0. The maximum atomic E-state index is 10.7. The third kappa shape index (κ3) is 4.10. The summed E-state index contributed by atoms with van der Waals surface area (Å²) in [5, 5.41) is 0. The predicted molar refractivity (Wildman–Crippen MR) is 76.9 cm³/mol. The lowest BCUT2D eigenvalue weighted by Crippen LogP contribution is -2.34. The minimum absolute atomic E-state index is 0.0428. The number of rotatable bonds is 4. The minimum Gasteiger partial charge on any atom is -0.345 e. The van der Waals surface area contributed by atoms with Crippen molar-refractivity contribution in [3.05, 3.63) is 33.4 Å². The van der Waals surface area contributed by atoms with Crippen LogP contribution in [0, 0.1) is 3.57 Å². The number of benzene rings is 1. The standard InChI is InChI=1S/C11H14INO5S/c1-7-17-10(6-13-19(14,15)16)11(18-7)8-4-2-3-5-9(8)12/h2-5,7,10-11,13H,6H2,1H3,(H,14,15,16)/t7?,10-,11-/m1/s1. The third-order valence-electron chi connectivity index (χ3n) is 2.72. The Bertz CT molecular complexity index is 550. The summed E-state index contributed by atoms with van der Waals surface area (Å²) in [6, 6.07) is 7.65. The van der Waals surface area contributed by atoms with Crippen LogP contribution in [0.2, 0.25) is 0 Å². The van der Waals surface area contributed by atoms with Gasteiger partial charge in [0.2, 0.25) is 0 Å². The van der Waals surface area contributed by atoms with E-state index in [4.69, 9.17) is 14.0 Å². The van der Waals surface area contributed by atoms with Gasteiger partial charge in [-0.2, -0.15) is 13.1 Å². The number of nitrogens with one attached hydrogen (secondary N) is 1. The van der Waals surface area contributed by atoms with Crippen molar-refractivity contribution in [2.45, 2.75) is 25.4 Å². The molecule has 0 bridgehead atoms. The van der Waals surface area contributed by atoms with Gasteiger partial charge in [-0.1, -0.05) is 18.2 Å². The van der Waals surface area contributed by atoms with Crippen LogP contribution in [0.15, 0.2) is 24.3 Å². The van der Waals surface area contributed by atoms with Crippen molar-refractivity contribution < 1.29 is 22.4 Å². The molecular weight excluding hydrogens is 385 g/mol. The average Bonchev–Trinajstić information content (AvgIpc) is 2.67. The Kier molecular flexibility index (Phi) is 4.79. The first-order chi connectivity index (χ1) is 8.87. The van der Waals surface area contributed by atoms with Gasteiger partial charge in [0.1, 0.15) is 12.2 Å². The Morgan fingerprint density at radius 1 is 1.37 bits per heavy atom. The van der Waals surface area contributed by atoms with E-state index < -0.39 is 22.7 Å². The van der Waals surface area contributed by atoms with E-state index in [0.717, 1.165) is 9.13 Å². The van der Waals surface area contributed by atoms with Gasteiger partial charge >= 0.3 is 10.3 Å². The van der Waals surface area contributed by atoms with Crippen LogP contribution in [0.5, 0.6) is 0 Å². The molecule has 106 valence electrons. The first-order valence-electron chi connectivity index (χ1n) is 5.64. The van der Waals surface area contributed by atoms with E-state index in [2.05, 4.69) is 22.6 Å². The van der Waals surface area contributed by atoms with Crippen molar-refractivity contribution in [1.29, 1.82) is 0 Å². The van der Waals surface area contributed by atoms with Gasteiger partial charge in [0.25, 0.3) is 0 Å². The van der Waals surface area contributed by atoms with Crippen LogP contribution in [0.25, 0.3) is 0 Å². The molecule has 2 N–H and O–H groups in total. The molecule has 0 amide bonds. The second-order valence-corrected chi connectivity index (χ2v) is 6.54. The van der Waals surface area contributed by atoms with Gasteiger partial charge in [0.05, 0.1) is 0 Å². The molecule has 1 unspecified atom stereocenters. The fraction of sp³-hybridized carbons (Fsp3) is 0.455. The van der Waals surface area contributed by atoms with Crippen molar-refractivity contribution in [2.24, 2.45) is 0 Å². The normalized spacial score (nSPS) is 27.6. The van der Waals surface area contributed by atoms with Crippen molar-refractivity contribution in [2.75, 3.05) is 6.54 Å². The molecular formula is C11H14INO5S. The van der Waals surface area contributed by atoms with Crippen molar-refractivity contribution in [3.8, 4) is 0 Å². The molecule has 2 rings (SSSR count). The van der Waals surface area contributed by atoms with E-state index in [9.17, 15) is 8.42 Å². The van der Waals surface area contributed by atoms with Gasteiger partial charge in [-0.15, -0.1) is 0 Å². The highest BCUT2D eigenvalue weighted by molar-refractivity contribution is 14.1. The van der Waals surface area contributed by atoms with Gasteiger partial charge in [-0.3, -0.25) is 4.55 Å². The lowest BCUT2D eigenvalue weighted by molar-refractivity contribution is -0.0506. The summed E-state index contributed by atoms with van der Waals surface area (Å²) in [5.74, 6) is 0. The Labute approximate surface area is 125 Å². The lowest BCUT2D eigenvalue weighted by Gasteiger charge is -2.18. The summed E-state index contributed by atoms with van der Waals surface area (Å²) in [6.45, 7) is 1.70. The highest BCUT2D eigenvalue weighted by Crippen LogP contribution is 2.34. The number of halogens is 1. The Hall–Kier alpha value is -0.260. The zero-order valence-corrected chi connectivity index (χ0v) is 13.1. The monoisotopic (exact) mass is 399 g/mol. The summed E-state index contributed by atoms with van der Waals surface area (Å²) in [4.78, 5) is 0. The fourth-order valence-electron chi connectivity index (χ4n) is 1.97. The zero-order chi connectivity index (χ0) is 14.0. The molecule has 8 heteroatoms. The SMILES string of the molecule is CC1O[C@H](c2ccccc2I)[C@@H](CNS(=O)(=O)O)O1. The topological polar surface area (TPSA) is 84.9 Å². The third-order valence-corrected chi connectivity index (χ3v) is 4.23. The first-order valence-corrected chi connectivity index (χ1v) is 8.16. The van der Waals surface area contributed by atoms with Crippen LogP contribution in [0.3, 0.4) is 0 Å². The molecule has 1 aromatic rings. The average molecular weight is 399 g/mol. The van der Waals surface area contributed by atoms with Gasteiger partial charge in [0.15, 0.2) is 6.29 Å². The van der Waals surface area contributed by atoms with Crippen LogP contribution < -0.4 is 4.72 Å². The highest BCUT2D eigenvalue weighted by Gasteiger charge is 2.36. The van der Waals surface area contributed by atoms with Crippen molar-refractivity contribution in [1.82, 2.24) is 4.72 Å². The van der Waals surface area contributed by atoms with E-state index in [-0.39, 0.29) is 12.6 Å². The van der Waals surface area contributed by atoms with Crippen LogP contribution >= 0.6 is 22.6 Å². The van der Waals surface area contributed by atoms with Gasteiger partial charge in [-0.25, -0.2) is 0 Å².